The first-order valence-corrected chi connectivity index (χ1v) is 7.05. The molecule has 20 heavy (non-hydrogen) atoms. The summed E-state index contributed by atoms with van der Waals surface area (Å²) in [4.78, 5) is 11.8. The van der Waals surface area contributed by atoms with Gasteiger partial charge in [0.25, 0.3) is 5.91 Å². The summed E-state index contributed by atoms with van der Waals surface area (Å²) in [5.74, 6) is 0.467. The maximum absolute atomic E-state index is 11.8. The molecule has 110 valence electrons. The average Bonchev–Trinajstić information content (AvgIpc) is 2.47. The van der Waals surface area contributed by atoms with E-state index >= 15 is 0 Å². The molecule has 1 amide bonds. The van der Waals surface area contributed by atoms with Crippen LogP contribution in [0.5, 0.6) is 5.75 Å². The summed E-state index contributed by atoms with van der Waals surface area (Å²) in [6.07, 6.45) is 1.70. The van der Waals surface area contributed by atoms with Gasteiger partial charge in [-0.1, -0.05) is 11.6 Å². The lowest BCUT2D eigenvalue weighted by molar-refractivity contribution is -0.124. The lowest BCUT2D eigenvalue weighted by Gasteiger charge is -2.23. The van der Waals surface area contributed by atoms with E-state index in [1.165, 1.54) is 0 Å². The van der Waals surface area contributed by atoms with Gasteiger partial charge in [0.05, 0.1) is 0 Å². The van der Waals surface area contributed by atoms with E-state index < -0.39 is 0 Å². The molecule has 0 bridgehead atoms. The van der Waals surface area contributed by atoms with Crippen LogP contribution in [-0.2, 0) is 16.1 Å². The van der Waals surface area contributed by atoms with Crippen LogP contribution in [0.2, 0.25) is 5.02 Å². The first kappa shape index (κ1) is 15.1. The Hall–Kier alpha value is -1.30. The molecule has 6 heteroatoms. The van der Waals surface area contributed by atoms with Crippen LogP contribution in [0.25, 0.3) is 0 Å². The molecule has 0 aliphatic carbocycles. The van der Waals surface area contributed by atoms with Gasteiger partial charge in [0.1, 0.15) is 5.75 Å². The highest BCUT2D eigenvalue weighted by atomic mass is 35.5. The molecule has 1 aromatic carbocycles. The number of ether oxygens (including phenoxy) is 2. The summed E-state index contributed by atoms with van der Waals surface area (Å²) < 4.78 is 10.7. The van der Waals surface area contributed by atoms with Gasteiger partial charge in [-0.3, -0.25) is 4.79 Å². The number of nitrogens with one attached hydrogen (secondary N) is 1. The normalized spacial score (nSPS) is 15.9. The van der Waals surface area contributed by atoms with Crippen molar-refractivity contribution in [2.45, 2.75) is 25.4 Å². The molecule has 0 radical (unpaired) electrons. The second kappa shape index (κ2) is 7.47. The molecule has 1 aliphatic heterocycles. The molecule has 0 saturated carbocycles. The second-order valence-electron chi connectivity index (χ2n) is 4.70. The fourth-order valence-electron chi connectivity index (χ4n) is 2.10. The fourth-order valence-corrected chi connectivity index (χ4v) is 2.30. The van der Waals surface area contributed by atoms with E-state index in [1.54, 1.807) is 18.2 Å². The number of rotatable bonds is 5. The summed E-state index contributed by atoms with van der Waals surface area (Å²) in [5.41, 5.74) is 6.41. The van der Waals surface area contributed by atoms with Crippen LogP contribution in [0, 0.1) is 0 Å². The molecule has 3 N–H and O–H groups in total. The zero-order valence-corrected chi connectivity index (χ0v) is 12.0. The quantitative estimate of drug-likeness (QED) is 0.863. The molecule has 0 atom stereocenters. The number of halogens is 1. The molecule has 0 aromatic heterocycles. The third-order valence-electron chi connectivity index (χ3n) is 3.19. The van der Waals surface area contributed by atoms with Crippen LogP contribution in [0.4, 0.5) is 0 Å². The van der Waals surface area contributed by atoms with E-state index in [4.69, 9.17) is 26.8 Å². The van der Waals surface area contributed by atoms with Gasteiger partial charge >= 0.3 is 0 Å². The Kier molecular flexibility index (Phi) is 5.64. The Balaban J connectivity index is 1.83. The van der Waals surface area contributed by atoms with Gasteiger partial charge in [-0.2, -0.15) is 0 Å². The van der Waals surface area contributed by atoms with Crippen LogP contribution in [0.1, 0.15) is 18.4 Å². The number of carbonyl (C=O) groups is 1. The molecule has 1 heterocycles. The van der Waals surface area contributed by atoms with E-state index in [0.29, 0.717) is 30.5 Å². The SMILES string of the molecule is NCc1cc(Cl)ccc1OCC(=O)NC1CCOCC1. The van der Waals surface area contributed by atoms with Crippen LogP contribution < -0.4 is 15.8 Å². The van der Waals surface area contributed by atoms with Crippen molar-refractivity contribution in [3.63, 3.8) is 0 Å². The molecular weight excluding hydrogens is 280 g/mol. The standard InChI is InChI=1S/C14H19ClN2O3/c15-11-1-2-13(10(7-11)8-16)20-9-14(18)17-12-3-5-19-6-4-12/h1-2,7,12H,3-6,8-9,16H2,(H,17,18). The molecule has 0 unspecified atom stereocenters. The van der Waals surface area contributed by atoms with Gasteiger partial charge in [0.15, 0.2) is 6.61 Å². The summed E-state index contributed by atoms with van der Waals surface area (Å²) in [7, 11) is 0. The third-order valence-corrected chi connectivity index (χ3v) is 3.42. The first-order chi connectivity index (χ1) is 9.69. The van der Waals surface area contributed by atoms with Crippen molar-refractivity contribution < 1.29 is 14.3 Å². The van der Waals surface area contributed by atoms with E-state index in [9.17, 15) is 4.79 Å². The Morgan fingerprint density at radius 3 is 2.90 bits per heavy atom. The number of benzene rings is 1. The fraction of sp³-hybridized carbons (Fsp3) is 0.500. The van der Waals surface area contributed by atoms with Crippen molar-refractivity contribution in [2.24, 2.45) is 5.73 Å². The lowest BCUT2D eigenvalue weighted by atomic mass is 10.1. The predicted octanol–water partition coefficient (Wildman–Crippen LogP) is 1.47. The topological polar surface area (TPSA) is 73.6 Å². The largest absolute Gasteiger partial charge is 0.483 e. The van der Waals surface area contributed by atoms with Crippen LogP contribution in [-0.4, -0.2) is 31.8 Å². The zero-order valence-electron chi connectivity index (χ0n) is 11.2. The predicted molar refractivity (Wildman–Crippen MR) is 76.8 cm³/mol. The average molecular weight is 299 g/mol. The minimum atomic E-state index is -0.130. The molecule has 0 spiro atoms. The van der Waals surface area contributed by atoms with Crippen molar-refractivity contribution in [2.75, 3.05) is 19.8 Å². The highest BCUT2D eigenvalue weighted by Gasteiger charge is 2.16. The summed E-state index contributed by atoms with van der Waals surface area (Å²) in [5, 5.41) is 3.54. The number of amides is 1. The number of carbonyl (C=O) groups excluding carboxylic acids is 1. The maximum atomic E-state index is 11.8. The van der Waals surface area contributed by atoms with E-state index in [0.717, 1.165) is 18.4 Å². The van der Waals surface area contributed by atoms with Crippen LogP contribution >= 0.6 is 11.6 Å². The molecular formula is C14H19ClN2O3. The van der Waals surface area contributed by atoms with Gasteiger partial charge < -0.3 is 20.5 Å². The van der Waals surface area contributed by atoms with Gasteiger partial charge in [0, 0.05) is 36.4 Å². The number of hydrogen-bond acceptors (Lipinski definition) is 4. The molecule has 1 saturated heterocycles. The Morgan fingerprint density at radius 1 is 1.45 bits per heavy atom. The zero-order chi connectivity index (χ0) is 14.4. The number of nitrogens with two attached hydrogens (primary N) is 1. The Morgan fingerprint density at radius 2 is 2.20 bits per heavy atom. The minimum absolute atomic E-state index is 0.0218. The lowest BCUT2D eigenvalue weighted by Crippen LogP contribution is -2.41. The highest BCUT2D eigenvalue weighted by Crippen LogP contribution is 2.22. The molecule has 1 aromatic rings. The minimum Gasteiger partial charge on any atom is -0.483 e. The van der Waals surface area contributed by atoms with Crippen molar-refractivity contribution in [1.29, 1.82) is 0 Å². The van der Waals surface area contributed by atoms with Gasteiger partial charge in [-0.25, -0.2) is 0 Å². The monoisotopic (exact) mass is 298 g/mol. The van der Waals surface area contributed by atoms with Gasteiger partial charge in [0.2, 0.25) is 0 Å². The molecule has 1 fully saturated rings. The van der Waals surface area contributed by atoms with Gasteiger partial charge in [-0.15, -0.1) is 0 Å². The summed E-state index contributed by atoms with van der Waals surface area (Å²) in [6.45, 7) is 1.68. The van der Waals surface area contributed by atoms with Crippen molar-refractivity contribution in [1.82, 2.24) is 5.32 Å². The van der Waals surface area contributed by atoms with E-state index in [1.807, 2.05) is 0 Å². The van der Waals surface area contributed by atoms with E-state index in [2.05, 4.69) is 5.32 Å². The smallest absolute Gasteiger partial charge is 0.258 e. The highest BCUT2D eigenvalue weighted by molar-refractivity contribution is 6.30. The second-order valence-corrected chi connectivity index (χ2v) is 5.14. The maximum Gasteiger partial charge on any atom is 0.258 e. The summed E-state index contributed by atoms with van der Waals surface area (Å²) in [6, 6.07) is 5.37. The summed E-state index contributed by atoms with van der Waals surface area (Å²) >= 11 is 5.88. The van der Waals surface area contributed by atoms with Crippen molar-refractivity contribution in [3.8, 4) is 5.75 Å². The van der Waals surface area contributed by atoms with Crippen LogP contribution in [0.15, 0.2) is 18.2 Å². The van der Waals surface area contributed by atoms with Gasteiger partial charge in [-0.05, 0) is 31.0 Å². The van der Waals surface area contributed by atoms with Crippen LogP contribution in [0.3, 0.4) is 0 Å². The Bertz CT molecular complexity index is 462. The first-order valence-electron chi connectivity index (χ1n) is 6.67. The van der Waals surface area contributed by atoms with Crippen molar-refractivity contribution in [3.05, 3.63) is 28.8 Å². The molecule has 5 nitrogen and oxygen atoms in total. The number of hydrogen-bond donors (Lipinski definition) is 2. The van der Waals surface area contributed by atoms with Crippen molar-refractivity contribution >= 4 is 17.5 Å². The van der Waals surface area contributed by atoms with E-state index in [-0.39, 0.29) is 18.6 Å². The third kappa shape index (κ3) is 4.37. The molecule has 1 aliphatic rings. The molecule has 2 rings (SSSR count). The Labute approximate surface area is 123 Å².